The van der Waals surface area contributed by atoms with E-state index in [1.54, 1.807) is 0 Å². The largest absolute Gasteiger partial charge is 0 e. The molecule has 0 saturated heterocycles. The van der Waals surface area contributed by atoms with E-state index in [2.05, 4.69) is 72.8 Å². The van der Waals surface area contributed by atoms with Crippen molar-refractivity contribution in [1.82, 2.24) is 0 Å². The first-order chi connectivity index (χ1) is 9.82. The third-order valence-corrected chi connectivity index (χ3v) is 8.87. The second kappa shape index (κ2) is 5.79. The number of rotatable bonds is 3. The summed E-state index contributed by atoms with van der Waals surface area (Å²) in [4.78, 5) is 0. The number of benzene rings is 3. The van der Waals surface area contributed by atoms with Crippen LogP contribution in [0.1, 0.15) is 1.43 Å². The molecule has 0 atom stereocenters. The van der Waals surface area contributed by atoms with Crippen molar-refractivity contribution in [1.29, 1.82) is 0 Å². The molecule has 0 spiro atoms. The van der Waals surface area contributed by atoms with Crippen molar-refractivity contribution in [3.05, 3.63) is 91.0 Å². The minimum atomic E-state index is -2.41. The van der Waals surface area contributed by atoms with Gasteiger partial charge >= 0.3 is 125 Å². The molecule has 2 heteroatoms. The van der Waals surface area contributed by atoms with Crippen LogP contribution in [0.15, 0.2) is 91.0 Å². The quantitative estimate of drug-likeness (QED) is 0.639. The van der Waals surface area contributed by atoms with Gasteiger partial charge in [-0.05, 0) is 0 Å². The molecule has 0 radical (unpaired) electrons. The summed E-state index contributed by atoms with van der Waals surface area (Å²) in [6.45, 7) is -2.41. The molecule has 0 aliphatic carbocycles. The molecule has 3 aromatic rings. The SMILES string of the molecule is Cl[PH](c1ccccc1)(c1ccccc1)c1ccccc1.[HH]. The summed E-state index contributed by atoms with van der Waals surface area (Å²) in [6, 6.07) is 31.3. The van der Waals surface area contributed by atoms with Crippen LogP contribution in [0.25, 0.3) is 0 Å². The predicted octanol–water partition coefficient (Wildman–Crippen LogP) is 4.11. The molecule has 0 aromatic heterocycles. The average molecular weight is 301 g/mol. The fourth-order valence-corrected chi connectivity index (χ4v) is 6.59. The van der Waals surface area contributed by atoms with E-state index in [-0.39, 0.29) is 1.43 Å². The molecule has 0 unspecified atom stereocenters. The van der Waals surface area contributed by atoms with Gasteiger partial charge in [-0.3, -0.25) is 0 Å². The van der Waals surface area contributed by atoms with E-state index in [1.807, 2.05) is 18.2 Å². The van der Waals surface area contributed by atoms with Gasteiger partial charge in [0.05, 0.1) is 0 Å². The molecule has 0 fully saturated rings. The summed E-state index contributed by atoms with van der Waals surface area (Å²) in [5, 5.41) is 3.66. The summed E-state index contributed by atoms with van der Waals surface area (Å²) in [5.74, 6) is 0. The van der Waals surface area contributed by atoms with Gasteiger partial charge in [-0.15, -0.1) is 0 Å². The molecule has 0 aliphatic heterocycles. The Kier molecular flexibility index (Phi) is 3.87. The molecule has 102 valence electrons. The molecule has 0 bridgehead atoms. The monoisotopic (exact) mass is 300 g/mol. The Labute approximate surface area is 126 Å². The van der Waals surface area contributed by atoms with Crippen molar-refractivity contribution in [2.24, 2.45) is 0 Å². The summed E-state index contributed by atoms with van der Waals surface area (Å²) in [5.41, 5.74) is 0. The average Bonchev–Trinajstić information content (AvgIpc) is 2.56. The summed E-state index contributed by atoms with van der Waals surface area (Å²) >= 11 is 7.25. The van der Waals surface area contributed by atoms with Crippen molar-refractivity contribution in [3.8, 4) is 0 Å². The second-order valence-corrected chi connectivity index (χ2v) is 9.51. The van der Waals surface area contributed by atoms with Gasteiger partial charge in [0, 0.05) is 1.43 Å². The van der Waals surface area contributed by atoms with Crippen LogP contribution in [0.5, 0.6) is 0 Å². The second-order valence-electron chi connectivity index (χ2n) is 4.76. The number of hydrogen-bond donors (Lipinski definition) is 0. The van der Waals surface area contributed by atoms with Crippen LogP contribution in [0.3, 0.4) is 0 Å². The third kappa shape index (κ3) is 2.38. The van der Waals surface area contributed by atoms with Gasteiger partial charge in [-0.25, -0.2) is 0 Å². The Balaban J connectivity index is 0.00000161. The van der Waals surface area contributed by atoms with Crippen LogP contribution in [-0.2, 0) is 0 Å². The first-order valence-electron chi connectivity index (χ1n) is 6.67. The third-order valence-electron chi connectivity index (χ3n) is 3.51. The molecule has 3 aromatic carbocycles. The van der Waals surface area contributed by atoms with E-state index in [4.69, 9.17) is 11.2 Å². The first kappa shape index (κ1) is 13.4. The molecule has 0 aliphatic rings. The van der Waals surface area contributed by atoms with Gasteiger partial charge in [0.2, 0.25) is 0 Å². The molecule has 0 amide bonds. The van der Waals surface area contributed by atoms with Crippen LogP contribution in [0.2, 0.25) is 0 Å². The topological polar surface area (TPSA) is 0 Å². The van der Waals surface area contributed by atoms with Crippen molar-refractivity contribution in [2.45, 2.75) is 0 Å². The Morgan fingerprint density at radius 3 is 1.00 bits per heavy atom. The molecule has 0 saturated carbocycles. The summed E-state index contributed by atoms with van der Waals surface area (Å²) in [6.07, 6.45) is 0. The number of halogens is 1. The smallest absolute Gasteiger partial charge is 0 e. The van der Waals surface area contributed by atoms with Crippen LogP contribution in [0, 0.1) is 0 Å². The predicted molar refractivity (Wildman–Crippen MR) is 94.5 cm³/mol. The first-order valence-corrected chi connectivity index (χ1v) is 9.68. The Morgan fingerprint density at radius 1 is 0.500 bits per heavy atom. The van der Waals surface area contributed by atoms with Crippen LogP contribution in [0.4, 0.5) is 0 Å². The van der Waals surface area contributed by atoms with Crippen molar-refractivity contribution < 1.29 is 1.43 Å². The van der Waals surface area contributed by atoms with Gasteiger partial charge in [0.25, 0.3) is 0 Å². The maximum Gasteiger partial charge on any atom is 0 e. The zero-order valence-corrected chi connectivity index (χ0v) is 12.8. The van der Waals surface area contributed by atoms with E-state index in [0.717, 1.165) is 0 Å². The van der Waals surface area contributed by atoms with Gasteiger partial charge in [0.1, 0.15) is 0 Å². The van der Waals surface area contributed by atoms with Gasteiger partial charge in [-0.2, -0.15) is 0 Å². The van der Waals surface area contributed by atoms with Gasteiger partial charge in [-0.1, -0.05) is 0 Å². The zero-order chi connectivity index (χ0) is 13.8. The normalized spacial score (nSPS) is 12.1. The minimum absolute atomic E-state index is 0. The fourth-order valence-electron chi connectivity index (χ4n) is 2.50. The molecule has 3 rings (SSSR count). The maximum atomic E-state index is 7.25. The Hall–Kier alpha value is -1.62. The van der Waals surface area contributed by atoms with Crippen molar-refractivity contribution in [3.63, 3.8) is 0 Å². The van der Waals surface area contributed by atoms with Gasteiger partial charge in [0.15, 0.2) is 0 Å². The molecule has 0 heterocycles. The van der Waals surface area contributed by atoms with Crippen LogP contribution >= 0.6 is 17.9 Å². The summed E-state index contributed by atoms with van der Waals surface area (Å²) in [7, 11) is 0. The minimum Gasteiger partial charge on any atom is 0 e. The standard InChI is InChI=1S/C18H16ClP.H2/c19-20(16-10-4-1-5-11-16,17-12-6-2-7-13-17)18-14-8-3-9-15-18;/h1-15,20H;1H. The zero-order valence-electron chi connectivity index (χ0n) is 11.0. The van der Waals surface area contributed by atoms with Crippen LogP contribution in [-0.4, -0.2) is 0 Å². The maximum absolute atomic E-state index is 7.25. The van der Waals surface area contributed by atoms with Crippen molar-refractivity contribution in [2.75, 3.05) is 0 Å². The van der Waals surface area contributed by atoms with Crippen molar-refractivity contribution >= 4 is 33.8 Å². The van der Waals surface area contributed by atoms with Crippen LogP contribution < -0.4 is 15.9 Å². The molecular weight excluding hydrogens is 283 g/mol. The molecule has 0 nitrogen and oxygen atoms in total. The molecule has 0 N–H and O–H groups in total. The molecule has 20 heavy (non-hydrogen) atoms. The van der Waals surface area contributed by atoms with E-state index in [1.165, 1.54) is 15.9 Å². The fraction of sp³-hybridized carbons (Fsp3) is 0. The Morgan fingerprint density at radius 2 is 0.750 bits per heavy atom. The number of hydrogen-bond acceptors (Lipinski definition) is 0. The van der Waals surface area contributed by atoms with E-state index in [0.29, 0.717) is 0 Å². The van der Waals surface area contributed by atoms with E-state index < -0.39 is 6.62 Å². The molecular formula is C18H18ClP. The van der Waals surface area contributed by atoms with Gasteiger partial charge < -0.3 is 0 Å². The Bertz CT molecular complexity index is 575. The van der Waals surface area contributed by atoms with E-state index in [9.17, 15) is 0 Å². The summed E-state index contributed by atoms with van der Waals surface area (Å²) < 4.78 is 0. The van der Waals surface area contributed by atoms with E-state index >= 15 is 0 Å².